The van der Waals surface area contributed by atoms with Gasteiger partial charge in [-0.15, -0.1) is 0 Å². The number of anilines is 1. The number of piperazine rings is 1. The molecule has 0 bridgehead atoms. The summed E-state index contributed by atoms with van der Waals surface area (Å²) in [5.74, 6) is 0. The molecule has 0 saturated carbocycles. The zero-order valence-corrected chi connectivity index (χ0v) is 12.1. The SMILES string of the molecule is C=C(NN1CCN(c2ccccc2)CC1)c1cccnc1. The lowest BCUT2D eigenvalue weighted by Gasteiger charge is -2.36. The summed E-state index contributed by atoms with van der Waals surface area (Å²) in [6.45, 7) is 8.05. The van der Waals surface area contributed by atoms with Gasteiger partial charge < -0.3 is 10.3 Å². The van der Waals surface area contributed by atoms with E-state index < -0.39 is 0 Å². The summed E-state index contributed by atoms with van der Waals surface area (Å²) in [5.41, 5.74) is 6.60. The van der Waals surface area contributed by atoms with E-state index in [1.54, 1.807) is 6.20 Å². The largest absolute Gasteiger partial charge is 0.369 e. The molecule has 1 aliphatic rings. The smallest absolute Gasteiger partial charge is 0.0506 e. The molecule has 1 aromatic heterocycles. The molecular formula is C17H20N4. The molecule has 2 heterocycles. The highest BCUT2D eigenvalue weighted by molar-refractivity contribution is 5.60. The van der Waals surface area contributed by atoms with Gasteiger partial charge in [0.2, 0.25) is 0 Å². The zero-order valence-electron chi connectivity index (χ0n) is 12.1. The van der Waals surface area contributed by atoms with E-state index >= 15 is 0 Å². The number of nitrogens with one attached hydrogen (secondary N) is 1. The lowest BCUT2D eigenvalue weighted by molar-refractivity contribution is 0.215. The normalized spacial score (nSPS) is 15.7. The van der Waals surface area contributed by atoms with Crippen LogP contribution in [-0.4, -0.2) is 36.2 Å². The van der Waals surface area contributed by atoms with Crippen molar-refractivity contribution in [3.63, 3.8) is 0 Å². The van der Waals surface area contributed by atoms with Gasteiger partial charge in [-0.05, 0) is 24.3 Å². The van der Waals surface area contributed by atoms with Crippen LogP contribution in [0.3, 0.4) is 0 Å². The van der Waals surface area contributed by atoms with Gasteiger partial charge in [-0.25, -0.2) is 5.01 Å². The highest BCUT2D eigenvalue weighted by Crippen LogP contribution is 2.15. The number of para-hydroxylation sites is 1. The van der Waals surface area contributed by atoms with Crippen molar-refractivity contribution in [2.24, 2.45) is 0 Å². The number of rotatable bonds is 4. The van der Waals surface area contributed by atoms with E-state index in [0.29, 0.717) is 0 Å². The highest BCUT2D eigenvalue weighted by Gasteiger charge is 2.17. The molecule has 3 rings (SSSR count). The highest BCUT2D eigenvalue weighted by atomic mass is 15.5. The van der Waals surface area contributed by atoms with Crippen molar-refractivity contribution in [1.29, 1.82) is 0 Å². The van der Waals surface area contributed by atoms with Crippen LogP contribution in [0.2, 0.25) is 0 Å². The van der Waals surface area contributed by atoms with Crippen molar-refractivity contribution in [2.45, 2.75) is 0 Å². The van der Waals surface area contributed by atoms with E-state index in [-0.39, 0.29) is 0 Å². The molecule has 1 saturated heterocycles. The lowest BCUT2D eigenvalue weighted by atomic mass is 10.2. The molecule has 1 aromatic carbocycles. The van der Waals surface area contributed by atoms with E-state index in [2.05, 4.69) is 57.2 Å². The molecule has 0 radical (unpaired) electrons. The average Bonchev–Trinajstić information content (AvgIpc) is 2.57. The summed E-state index contributed by atoms with van der Waals surface area (Å²) in [6.07, 6.45) is 3.60. The van der Waals surface area contributed by atoms with Gasteiger partial charge in [0.25, 0.3) is 0 Å². The molecule has 1 aliphatic heterocycles. The quantitative estimate of drug-likeness (QED) is 0.932. The molecule has 2 aromatic rings. The summed E-state index contributed by atoms with van der Waals surface area (Å²) < 4.78 is 0. The van der Waals surface area contributed by atoms with Crippen molar-refractivity contribution in [3.05, 3.63) is 67.0 Å². The van der Waals surface area contributed by atoms with E-state index in [1.807, 2.05) is 18.3 Å². The van der Waals surface area contributed by atoms with Gasteiger partial charge in [0.05, 0.1) is 5.70 Å². The maximum atomic E-state index is 4.12. The fraction of sp³-hybridized carbons (Fsp3) is 0.235. The number of aromatic nitrogens is 1. The number of pyridine rings is 1. The summed E-state index contributed by atoms with van der Waals surface area (Å²) in [4.78, 5) is 6.53. The van der Waals surface area contributed by atoms with Crippen molar-refractivity contribution in [1.82, 2.24) is 15.4 Å². The second-order valence-electron chi connectivity index (χ2n) is 5.14. The third-order valence-corrected chi connectivity index (χ3v) is 3.70. The molecule has 0 atom stereocenters. The fourth-order valence-electron chi connectivity index (χ4n) is 2.51. The minimum absolute atomic E-state index is 0.899. The Hall–Kier alpha value is -2.33. The summed E-state index contributed by atoms with van der Waals surface area (Å²) in [6, 6.07) is 14.5. The molecule has 4 heteroatoms. The van der Waals surface area contributed by atoms with Crippen LogP contribution in [0, 0.1) is 0 Å². The lowest BCUT2D eigenvalue weighted by Crippen LogP contribution is -2.51. The molecule has 4 nitrogen and oxygen atoms in total. The van der Waals surface area contributed by atoms with Gasteiger partial charge in [-0.3, -0.25) is 4.98 Å². The van der Waals surface area contributed by atoms with Crippen LogP contribution in [-0.2, 0) is 0 Å². The first-order valence-corrected chi connectivity index (χ1v) is 7.24. The first-order valence-electron chi connectivity index (χ1n) is 7.24. The van der Waals surface area contributed by atoms with E-state index in [0.717, 1.165) is 37.4 Å². The fourth-order valence-corrected chi connectivity index (χ4v) is 2.51. The molecule has 21 heavy (non-hydrogen) atoms. The Kier molecular flexibility index (Phi) is 4.17. The van der Waals surface area contributed by atoms with Crippen molar-refractivity contribution >= 4 is 11.4 Å². The molecule has 1 fully saturated rings. The van der Waals surface area contributed by atoms with Gasteiger partial charge in [0.1, 0.15) is 0 Å². The number of hydrazine groups is 1. The minimum atomic E-state index is 0.899. The topological polar surface area (TPSA) is 31.4 Å². The predicted octanol–water partition coefficient (Wildman–Crippen LogP) is 2.38. The molecule has 0 spiro atoms. The van der Waals surface area contributed by atoms with Crippen LogP contribution >= 0.6 is 0 Å². The Morgan fingerprint density at radius 1 is 1.00 bits per heavy atom. The molecular weight excluding hydrogens is 260 g/mol. The Bertz CT molecular complexity index is 574. The van der Waals surface area contributed by atoms with E-state index in [4.69, 9.17) is 0 Å². The van der Waals surface area contributed by atoms with Gasteiger partial charge in [-0.2, -0.15) is 0 Å². The number of nitrogens with zero attached hydrogens (tertiary/aromatic N) is 3. The van der Waals surface area contributed by atoms with Gasteiger partial charge in [-0.1, -0.05) is 24.8 Å². The van der Waals surface area contributed by atoms with E-state index in [1.165, 1.54) is 5.69 Å². The Balaban J connectivity index is 1.53. The maximum absolute atomic E-state index is 4.12. The third kappa shape index (κ3) is 3.41. The van der Waals surface area contributed by atoms with E-state index in [9.17, 15) is 0 Å². The third-order valence-electron chi connectivity index (χ3n) is 3.70. The summed E-state index contributed by atoms with van der Waals surface area (Å²) >= 11 is 0. The maximum Gasteiger partial charge on any atom is 0.0506 e. The second kappa shape index (κ2) is 6.41. The van der Waals surface area contributed by atoms with Crippen LogP contribution in [0.1, 0.15) is 5.56 Å². The number of hydrogen-bond donors (Lipinski definition) is 1. The first-order chi connectivity index (χ1) is 10.3. The van der Waals surface area contributed by atoms with Gasteiger partial charge >= 0.3 is 0 Å². The van der Waals surface area contributed by atoms with Crippen LogP contribution in [0.5, 0.6) is 0 Å². The standard InChI is InChI=1S/C17H20N4/c1-15(16-6-5-9-18-14-16)19-21-12-10-20(11-13-21)17-7-3-2-4-8-17/h2-9,14,19H,1,10-13H2. The minimum Gasteiger partial charge on any atom is -0.369 e. The van der Waals surface area contributed by atoms with Crippen LogP contribution in [0.15, 0.2) is 61.4 Å². The Morgan fingerprint density at radius 2 is 1.76 bits per heavy atom. The van der Waals surface area contributed by atoms with Gasteiger partial charge in [0, 0.05) is 49.8 Å². The molecule has 0 unspecified atom stereocenters. The molecule has 1 N–H and O–H groups in total. The Labute approximate surface area is 125 Å². The van der Waals surface area contributed by atoms with Crippen molar-refractivity contribution < 1.29 is 0 Å². The number of benzene rings is 1. The number of hydrogen-bond acceptors (Lipinski definition) is 4. The average molecular weight is 280 g/mol. The van der Waals surface area contributed by atoms with Crippen LogP contribution < -0.4 is 10.3 Å². The van der Waals surface area contributed by atoms with Crippen LogP contribution in [0.4, 0.5) is 5.69 Å². The monoisotopic (exact) mass is 280 g/mol. The predicted molar refractivity (Wildman–Crippen MR) is 86.6 cm³/mol. The molecule has 0 aliphatic carbocycles. The zero-order chi connectivity index (χ0) is 14.5. The van der Waals surface area contributed by atoms with Crippen molar-refractivity contribution in [3.8, 4) is 0 Å². The molecule has 108 valence electrons. The van der Waals surface area contributed by atoms with Gasteiger partial charge in [0.15, 0.2) is 0 Å². The summed E-state index contributed by atoms with van der Waals surface area (Å²) in [7, 11) is 0. The Morgan fingerprint density at radius 3 is 2.43 bits per heavy atom. The summed E-state index contributed by atoms with van der Waals surface area (Å²) in [5, 5.41) is 2.22. The first kappa shape index (κ1) is 13.6. The second-order valence-corrected chi connectivity index (χ2v) is 5.14. The van der Waals surface area contributed by atoms with Crippen LogP contribution in [0.25, 0.3) is 5.70 Å². The molecule has 0 amide bonds. The van der Waals surface area contributed by atoms with Crippen molar-refractivity contribution in [2.75, 3.05) is 31.1 Å².